The summed E-state index contributed by atoms with van der Waals surface area (Å²) >= 11 is 0. The van der Waals surface area contributed by atoms with Crippen LogP contribution in [0.2, 0.25) is 0 Å². The van der Waals surface area contributed by atoms with E-state index in [-0.39, 0.29) is 0 Å². The molecule has 0 fully saturated rings. The summed E-state index contributed by atoms with van der Waals surface area (Å²) in [7, 11) is 0. The highest BCUT2D eigenvalue weighted by molar-refractivity contribution is 5.18. The lowest BCUT2D eigenvalue weighted by molar-refractivity contribution is 0.176. The van der Waals surface area contributed by atoms with Gasteiger partial charge in [-0.25, -0.2) is 0 Å². The van der Waals surface area contributed by atoms with Crippen LogP contribution in [0, 0.1) is 0 Å². The molecule has 0 aliphatic rings. The van der Waals surface area contributed by atoms with E-state index in [1.54, 1.807) is 0 Å². The molecule has 4 aromatic carbocycles. The first-order valence-corrected chi connectivity index (χ1v) is 10.9. The fourth-order valence-corrected chi connectivity index (χ4v) is 3.53. The van der Waals surface area contributed by atoms with Gasteiger partial charge in [0.05, 0.1) is 26.2 Å². The standard InChI is InChI=1S/C28H28N4/c1-5-13-25(14-6-1)21-31(22-26-15-7-2-8-16-26)29-30-32(23-27-17-9-3-10-18-27)24-28-19-11-4-12-20-28/h1-20H,21-24H2/b30-29+. The van der Waals surface area contributed by atoms with Crippen molar-refractivity contribution < 1.29 is 0 Å². The highest BCUT2D eigenvalue weighted by Gasteiger charge is 2.08. The van der Waals surface area contributed by atoms with Crippen molar-refractivity contribution in [1.82, 2.24) is 10.0 Å². The predicted octanol–water partition coefficient (Wildman–Crippen LogP) is 6.67. The van der Waals surface area contributed by atoms with Gasteiger partial charge >= 0.3 is 0 Å². The fourth-order valence-electron chi connectivity index (χ4n) is 3.53. The minimum absolute atomic E-state index is 0.698. The van der Waals surface area contributed by atoms with Crippen LogP contribution in [0.1, 0.15) is 22.3 Å². The van der Waals surface area contributed by atoms with Crippen molar-refractivity contribution in [3.8, 4) is 0 Å². The van der Waals surface area contributed by atoms with Gasteiger partial charge in [0.1, 0.15) is 0 Å². The summed E-state index contributed by atoms with van der Waals surface area (Å²) in [5.41, 5.74) is 4.83. The van der Waals surface area contributed by atoms with E-state index in [0.29, 0.717) is 26.2 Å². The third kappa shape index (κ3) is 6.81. The maximum absolute atomic E-state index is 4.69. The highest BCUT2D eigenvalue weighted by atomic mass is 15.7. The molecule has 0 spiro atoms. The van der Waals surface area contributed by atoms with Gasteiger partial charge in [0.15, 0.2) is 0 Å². The van der Waals surface area contributed by atoms with Crippen molar-refractivity contribution >= 4 is 0 Å². The quantitative estimate of drug-likeness (QED) is 0.212. The molecule has 0 unspecified atom stereocenters. The van der Waals surface area contributed by atoms with Gasteiger partial charge in [-0.3, -0.25) is 10.0 Å². The lowest BCUT2D eigenvalue weighted by Gasteiger charge is -2.22. The zero-order chi connectivity index (χ0) is 21.8. The maximum atomic E-state index is 4.69. The molecule has 0 saturated carbocycles. The molecule has 4 rings (SSSR count). The van der Waals surface area contributed by atoms with E-state index in [1.165, 1.54) is 22.3 Å². The molecule has 0 atom stereocenters. The Hall–Kier alpha value is -3.92. The molecule has 4 aromatic rings. The van der Waals surface area contributed by atoms with E-state index in [1.807, 2.05) is 34.3 Å². The minimum Gasteiger partial charge on any atom is -0.268 e. The molecule has 0 aliphatic carbocycles. The van der Waals surface area contributed by atoms with Crippen LogP contribution in [-0.4, -0.2) is 10.0 Å². The molecule has 0 amide bonds. The van der Waals surface area contributed by atoms with E-state index >= 15 is 0 Å². The van der Waals surface area contributed by atoms with Crippen LogP contribution in [0.3, 0.4) is 0 Å². The second-order valence-corrected chi connectivity index (χ2v) is 7.77. The van der Waals surface area contributed by atoms with Gasteiger partial charge < -0.3 is 0 Å². The first-order valence-electron chi connectivity index (χ1n) is 10.9. The van der Waals surface area contributed by atoms with Gasteiger partial charge in [-0.2, -0.15) is 0 Å². The van der Waals surface area contributed by atoms with Crippen LogP contribution >= 0.6 is 0 Å². The van der Waals surface area contributed by atoms with Crippen LogP contribution < -0.4 is 0 Å². The zero-order valence-corrected chi connectivity index (χ0v) is 18.2. The zero-order valence-electron chi connectivity index (χ0n) is 18.2. The van der Waals surface area contributed by atoms with Gasteiger partial charge in [-0.05, 0) is 22.3 Å². The largest absolute Gasteiger partial charge is 0.268 e. The molecule has 0 aliphatic heterocycles. The topological polar surface area (TPSA) is 31.2 Å². The third-order valence-electron chi connectivity index (χ3n) is 5.12. The molecule has 0 bridgehead atoms. The Kier molecular flexibility index (Phi) is 7.64. The van der Waals surface area contributed by atoms with E-state index in [4.69, 9.17) is 10.4 Å². The third-order valence-corrected chi connectivity index (χ3v) is 5.12. The summed E-state index contributed by atoms with van der Waals surface area (Å²) in [5.74, 6) is 0. The van der Waals surface area contributed by atoms with Crippen molar-refractivity contribution in [2.75, 3.05) is 0 Å². The van der Waals surface area contributed by atoms with Crippen molar-refractivity contribution in [2.24, 2.45) is 10.4 Å². The summed E-state index contributed by atoms with van der Waals surface area (Å²) < 4.78 is 0. The van der Waals surface area contributed by atoms with Gasteiger partial charge in [0, 0.05) is 0 Å². The number of hydrogen-bond acceptors (Lipinski definition) is 2. The Balaban J connectivity index is 1.54. The average molecular weight is 421 g/mol. The SMILES string of the molecule is c1ccc(CN(Cc2ccccc2)/N=N/N(Cc2ccccc2)Cc2ccccc2)cc1. The molecule has 0 radical (unpaired) electrons. The molecular formula is C28H28N4. The number of nitrogens with zero attached hydrogens (tertiary/aromatic N) is 4. The summed E-state index contributed by atoms with van der Waals surface area (Å²) in [6.07, 6.45) is 0. The molecule has 0 aromatic heterocycles. The Labute approximate surface area is 190 Å². The van der Waals surface area contributed by atoms with Crippen molar-refractivity contribution in [2.45, 2.75) is 26.2 Å². The summed E-state index contributed by atoms with van der Waals surface area (Å²) in [4.78, 5) is 0. The van der Waals surface area contributed by atoms with Crippen molar-refractivity contribution in [3.63, 3.8) is 0 Å². The summed E-state index contributed by atoms with van der Waals surface area (Å²) in [6, 6.07) is 41.6. The molecule has 4 heteroatoms. The monoisotopic (exact) mass is 420 g/mol. The molecular weight excluding hydrogens is 392 g/mol. The number of benzene rings is 4. The summed E-state index contributed by atoms with van der Waals surface area (Å²) in [6.45, 7) is 2.79. The first kappa shape index (κ1) is 21.3. The predicted molar refractivity (Wildman–Crippen MR) is 129 cm³/mol. The van der Waals surface area contributed by atoms with Gasteiger partial charge in [0.2, 0.25) is 0 Å². The minimum atomic E-state index is 0.698. The normalized spacial score (nSPS) is 10.9. The maximum Gasteiger partial charge on any atom is 0.0632 e. The highest BCUT2D eigenvalue weighted by Crippen LogP contribution is 2.14. The Morgan fingerprint density at radius 1 is 0.344 bits per heavy atom. The number of hydrogen-bond donors (Lipinski definition) is 0. The molecule has 4 nitrogen and oxygen atoms in total. The Bertz CT molecular complexity index is 895. The van der Waals surface area contributed by atoms with Crippen LogP contribution in [0.15, 0.2) is 132 Å². The lowest BCUT2D eigenvalue weighted by Crippen LogP contribution is -2.20. The fraction of sp³-hybridized carbons (Fsp3) is 0.143. The summed E-state index contributed by atoms with van der Waals surface area (Å²) in [5, 5.41) is 13.4. The first-order chi connectivity index (χ1) is 15.8. The van der Waals surface area contributed by atoms with Crippen LogP contribution in [0.5, 0.6) is 0 Å². The van der Waals surface area contributed by atoms with Gasteiger partial charge in [-0.1, -0.05) is 132 Å². The Morgan fingerprint density at radius 3 is 0.781 bits per heavy atom. The number of rotatable bonds is 10. The smallest absolute Gasteiger partial charge is 0.0632 e. The van der Waals surface area contributed by atoms with Crippen LogP contribution in [-0.2, 0) is 26.2 Å². The van der Waals surface area contributed by atoms with Crippen LogP contribution in [0.25, 0.3) is 0 Å². The second-order valence-electron chi connectivity index (χ2n) is 7.77. The van der Waals surface area contributed by atoms with Crippen LogP contribution in [0.4, 0.5) is 0 Å². The van der Waals surface area contributed by atoms with E-state index in [0.717, 1.165) is 0 Å². The van der Waals surface area contributed by atoms with Crippen molar-refractivity contribution in [3.05, 3.63) is 144 Å². The molecule has 0 heterocycles. The molecule has 0 saturated heterocycles. The lowest BCUT2D eigenvalue weighted by atomic mass is 10.2. The average Bonchev–Trinajstić information content (AvgIpc) is 2.85. The Morgan fingerprint density at radius 2 is 0.562 bits per heavy atom. The van der Waals surface area contributed by atoms with E-state index < -0.39 is 0 Å². The van der Waals surface area contributed by atoms with Gasteiger partial charge in [0.25, 0.3) is 0 Å². The van der Waals surface area contributed by atoms with E-state index in [9.17, 15) is 0 Å². The van der Waals surface area contributed by atoms with Crippen molar-refractivity contribution in [1.29, 1.82) is 0 Å². The molecule has 160 valence electrons. The second kappa shape index (κ2) is 11.5. The molecule has 32 heavy (non-hydrogen) atoms. The molecule has 0 N–H and O–H groups in total. The van der Waals surface area contributed by atoms with Gasteiger partial charge in [-0.15, -0.1) is 0 Å². The van der Waals surface area contributed by atoms with E-state index in [2.05, 4.69) is 97.1 Å².